The largest absolute Gasteiger partial charge is 0.484 e. The molecule has 0 aliphatic heterocycles. The van der Waals surface area contributed by atoms with Gasteiger partial charge in [-0.05, 0) is 56.0 Å². The Hall–Kier alpha value is -1.98. The zero-order chi connectivity index (χ0) is 18.4. The highest BCUT2D eigenvalue weighted by Gasteiger charge is 2.24. The van der Waals surface area contributed by atoms with E-state index in [0.29, 0.717) is 21.7 Å². The second-order valence-electron chi connectivity index (χ2n) is 6.22. The van der Waals surface area contributed by atoms with Crippen LogP contribution in [0, 0.1) is 0 Å². The molecule has 1 heterocycles. The molecular formula is C19H20Cl2N2O3. The van der Waals surface area contributed by atoms with E-state index in [1.807, 2.05) is 0 Å². The van der Waals surface area contributed by atoms with Gasteiger partial charge in [0.25, 0.3) is 5.91 Å². The number of pyridine rings is 1. The Labute approximate surface area is 162 Å². The van der Waals surface area contributed by atoms with Gasteiger partial charge >= 0.3 is 0 Å². The lowest BCUT2D eigenvalue weighted by Crippen LogP contribution is -2.41. The molecule has 0 atom stereocenters. The highest BCUT2D eigenvalue weighted by atomic mass is 35.5. The Morgan fingerprint density at radius 1 is 1.04 bits per heavy atom. The predicted octanol–water partition coefficient (Wildman–Crippen LogP) is 4.27. The number of hydrogen-bond donors (Lipinski definition) is 1. The number of ether oxygens (including phenoxy) is 2. The van der Waals surface area contributed by atoms with Crippen molar-refractivity contribution in [3.8, 4) is 11.6 Å². The number of benzene rings is 1. The second kappa shape index (κ2) is 9.10. The number of nitrogens with zero attached hydrogens (tertiary/aromatic N) is 1. The van der Waals surface area contributed by atoms with E-state index in [1.54, 1.807) is 42.6 Å². The number of carbonyl (C=O) groups excluding carboxylic acids is 1. The van der Waals surface area contributed by atoms with E-state index in [0.717, 1.165) is 25.7 Å². The summed E-state index contributed by atoms with van der Waals surface area (Å²) < 4.78 is 11.3. The van der Waals surface area contributed by atoms with Crippen LogP contribution in [0.3, 0.4) is 0 Å². The zero-order valence-electron chi connectivity index (χ0n) is 14.2. The average molecular weight is 395 g/mol. The maximum atomic E-state index is 12.0. The van der Waals surface area contributed by atoms with Gasteiger partial charge in [0, 0.05) is 23.3 Å². The van der Waals surface area contributed by atoms with Crippen molar-refractivity contribution in [2.45, 2.75) is 37.8 Å². The fourth-order valence-electron chi connectivity index (χ4n) is 2.88. The van der Waals surface area contributed by atoms with E-state index in [1.165, 1.54) is 0 Å². The molecule has 0 unspecified atom stereocenters. The number of rotatable bonds is 6. The Morgan fingerprint density at radius 3 is 2.38 bits per heavy atom. The van der Waals surface area contributed by atoms with E-state index in [2.05, 4.69) is 10.3 Å². The van der Waals surface area contributed by atoms with Crippen molar-refractivity contribution in [1.29, 1.82) is 0 Å². The Morgan fingerprint density at radius 2 is 1.73 bits per heavy atom. The molecule has 0 spiro atoms. The SMILES string of the molecule is O=C(COc1ccc(Cl)cc1)NC1CCC(Oc2ccc(Cl)cn2)CC1. The molecular weight excluding hydrogens is 375 g/mol. The Kier molecular flexibility index (Phi) is 6.58. The van der Waals surface area contributed by atoms with Crippen molar-refractivity contribution < 1.29 is 14.3 Å². The molecule has 1 aromatic heterocycles. The lowest BCUT2D eigenvalue weighted by atomic mass is 9.93. The fourth-order valence-corrected chi connectivity index (χ4v) is 3.11. The smallest absolute Gasteiger partial charge is 0.258 e. The van der Waals surface area contributed by atoms with Crippen molar-refractivity contribution in [1.82, 2.24) is 10.3 Å². The van der Waals surface area contributed by atoms with Gasteiger partial charge in [-0.2, -0.15) is 0 Å². The number of carbonyl (C=O) groups is 1. The number of amides is 1. The van der Waals surface area contributed by atoms with Crippen LogP contribution in [0.25, 0.3) is 0 Å². The maximum Gasteiger partial charge on any atom is 0.258 e. The van der Waals surface area contributed by atoms with Gasteiger partial charge in [0.1, 0.15) is 11.9 Å². The van der Waals surface area contributed by atoms with Gasteiger partial charge in [-0.25, -0.2) is 4.98 Å². The van der Waals surface area contributed by atoms with E-state index in [4.69, 9.17) is 32.7 Å². The molecule has 0 bridgehead atoms. The summed E-state index contributed by atoms with van der Waals surface area (Å²) in [5, 5.41) is 4.24. The molecule has 3 rings (SSSR count). The minimum absolute atomic E-state index is 0.00719. The molecule has 26 heavy (non-hydrogen) atoms. The van der Waals surface area contributed by atoms with Crippen molar-refractivity contribution in [3.05, 3.63) is 52.6 Å². The summed E-state index contributed by atoms with van der Waals surface area (Å²) in [5.74, 6) is 1.08. The maximum absolute atomic E-state index is 12.0. The fraction of sp³-hybridized carbons (Fsp3) is 0.368. The van der Waals surface area contributed by atoms with Crippen molar-refractivity contribution in [2.75, 3.05) is 6.61 Å². The molecule has 0 saturated heterocycles. The van der Waals surface area contributed by atoms with Crippen LogP contribution in [-0.4, -0.2) is 29.6 Å². The van der Waals surface area contributed by atoms with E-state index < -0.39 is 0 Å². The van der Waals surface area contributed by atoms with Crippen LogP contribution in [-0.2, 0) is 4.79 Å². The first-order valence-electron chi connectivity index (χ1n) is 8.54. The third kappa shape index (κ3) is 5.78. The lowest BCUT2D eigenvalue weighted by Gasteiger charge is -2.29. The monoisotopic (exact) mass is 394 g/mol. The van der Waals surface area contributed by atoms with Gasteiger partial charge in [-0.3, -0.25) is 4.79 Å². The molecule has 5 nitrogen and oxygen atoms in total. The van der Waals surface area contributed by atoms with Crippen molar-refractivity contribution in [2.24, 2.45) is 0 Å². The predicted molar refractivity (Wildman–Crippen MR) is 101 cm³/mol. The van der Waals surface area contributed by atoms with Crippen molar-refractivity contribution >= 4 is 29.1 Å². The number of hydrogen-bond acceptors (Lipinski definition) is 4. The summed E-state index contributed by atoms with van der Waals surface area (Å²) in [7, 11) is 0. The summed E-state index contributed by atoms with van der Waals surface area (Å²) in [6.45, 7) is -0.00719. The molecule has 1 N–H and O–H groups in total. The first-order chi connectivity index (χ1) is 12.6. The summed E-state index contributed by atoms with van der Waals surface area (Å²) >= 11 is 11.6. The van der Waals surface area contributed by atoms with Gasteiger partial charge in [-0.1, -0.05) is 23.2 Å². The van der Waals surface area contributed by atoms with Crippen molar-refractivity contribution in [3.63, 3.8) is 0 Å². The molecule has 1 saturated carbocycles. The third-order valence-corrected chi connectivity index (χ3v) is 4.69. The van der Waals surface area contributed by atoms with Crippen LogP contribution in [0.4, 0.5) is 0 Å². The zero-order valence-corrected chi connectivity index (χ0v) is 15.7. The highest BCUT2D eigenvalue weighted by Crippen LogP contribution is 2.23. The molecule has 1 aromatic carbocycles. The van der Waals surface area contributed by atoms with Gasteiger partial charge in [0.15, 0.2) is 6.61 Å². The van der Waals surface area contributed by atoms with E-state index >= 15 is 0 Å². The molecule has 138 valence electrons. The normalized spacial score (nSPS) is 19.6. The second-order valence-corrected chi connectivity index (χ2v) is 7.09. The van der Waals surface area contributed by atoms with E-state index in [9.17, 15) is 4.79 Å². The summed E-state index contributed by atoms with van der Waals surface area (Å²) in [6, 6.07) is 10.6. The molecule has 7 heteroatoms. The molecule has 1 fully saturated rings. The van der Waals surface area contributed by atoms with Gasteiger partial charge in [-0.15, -0.1) is 0 Å². The van der Waals surface area contributed by atoms with Crippen LogP contribution in [0.15, 0.2) is 42.6 Å². The van der Waals surface area contributed by atoms with Crippen LogP contribution >= 0.6 is 23.2 Å². The Bertz CT molecular complexity index is 715. The van der Waals surface area contributed by atoms with Crippen LogP contribution in [0.1, 0.15) is 25.7 Å². The standard InChI is InChI=1S/C19H20Cl2N2O3/c20-13-1-6-16(7-2-13)25-12-18(24)23-15-4-8-17(9-5-15)26-19-10-3-14(21)11-22-19/h1-3,6-7,10-11,15,17H,4-5,8-9,12H2,(H,23,24). The number of aromatic nitrogens is 1. The van der Waals surface area contributed by atoms with Gasteiger partial charge < -0.3 is 14.8 Å². The molecule has 1 aliphatic rings. The topological polar surface area (TPSA) is 60.5 Å². The van der Waals surface area contributed by atoms with Gasteiger partial charge in [0.05, 0.1) is 5.02 Å². The summed E-state index contributed by atoms with van der Waals surface area (Å²) in [6.07, 6.45) is 5.15. The molecule has 1 amide bonds. The quantitative estimate of drug-likeness (QED) is 0.794. The first kappa shape index (κ1) is 18.8. The van der Waals surface area contributed by atoms with Gasteiger partial charge in [0.2, 0.25) is 5.88 Å². The molecule has 2 aromatic rings. The minimum atomic E-state index is -0.122. The number of nitrogens with one attached hydrogen (secondary N) is 1. The third-order valence-electron chi connectivity index (χ3n) is 4.21. The molecule has 1 aliphatic carbocycles. The van der Waals surface area contributed by atoms with Crippen LogP contribution in [0.5, 0.6) is 11.6 Å². The van der Waals surface area contributed by atoms with E-state index in [-0.39, 0.29) is 24.7 Å². The van der Waals surface area contributed by atoms with Crippen LogP contribution in [0.2, 0.25) is 10.0 Å². The number of halogens is 2. The Balaban J connectivity index is 1.37. The lowest BCUT2D eigenvalue weighted by molar-refractivity contribution is -0.124. The highest BCUT2D eigenvalue weighted by molar-refractivity contribution is 6.30. The molecule has 0 radical (unpaired) electrons. The summed E-state index contributed by atoms with van der Waals surface area (Å²) in [5.41, 5.74) is 0. The average Bonchev–Trinajstić information content (AvgIpc) is 2.65. The van der Waals surface area contributed by atoms with Crippen LogP contribution < -0.4 is 14.8 Å². The summed E-state index contributed by atoms with van der Waals surface area (Å²) in [4.78, 5) is 16.2. The minimum Gasteiger partial charge on any atom is -0.484 e. The first-order valence-corrected chi connectivity index (χ1v) is 9.30.